The van der Waals surface area contributed by atoms with Crippen LogP contribution in [0.25, 0.3) is 0 Å². The summed E-state index contributed by atoms with van der Waals surface area (Å²) in [6.45, 7) is 0.581. The number of anilines is 1. The molecule has 1 aromatic heterocycles. The summed E-state index contributed by atoms with van der Waals surface area (Å²) in [5.41, 5.74) is 1.24. The van der Waals surface area contributed by atoms with Crippen molar-refractivity contribution in [1.29, 1.82) is 0 Å². The Morgan fingerprint density at radius 1 is 1.14 bits per heavy atom. The van der Waals surface area contributed by atoms with E-state index in [0.29, 0.717) is 18.0 Å². The minimum Gasteiger partial charge on any atom is -0.467 e. The molecule has 0 aliphatic carbocycles. The summed E-state index contributed by atoms with van der Waals surface area (Å²) in [4.78, 5) is 11.6. The maximum absolute atomic E-state index is 11.6. The van der Waals surface area contributed by atoms with Crippen LogP contribution in [0.15, 0.2) is 47.1 Å². The molecule has 22 heavy (non-hydrogen) atoms. The molecule has 0 unspecified atom stereocenters. The summed E-state index contributed by atoms with van der Waals surface area (Å²) in [6.07, 6.45) is 2.62. The number of rotatable bonds is 6. The van der Waals surface area contributed by atoms with Crippen LogP contribution in [-0.2, 0) is 23.1 Å². The van der Waals surface area contributed by atoms with Gasteiger partial charge < -0.3 is 15.1 Å². The monoisotopic (exact) mass is 323 g/mol. The normalized spacial score (nSPS) is 11.0. The molecule has 0 atom stereocenters. The summed E-state index contributed by atoms with van der Waals surface area (Å²) in [5, 5.41) is 5.34. The van der Waals surface area contributed by atoms with Crippen LogP contribution < -0.4 is 15.4 Å². The average Bonchev–Trinajstić information content (AvgIpc) is 2.95. The molecule has 0 radical (unpaired) electrons. The number of hydrogen-bond donors (Lipinski definition) is 3. The van der Waals surface area contributed by atoms with Gasteiger partial charge in [-0.25, -0.2) is 13.2 Å². The molecule has 8 heteroatoms. The fourth-order valence-electron chi connectivity index (χ4n) is 1.78. The van der Waals surface area contributed by atoms with Gasteiger partial charge in [0, 0.05) is 12.2 Å². The number of benzene rings is 1. The lowest BCUT2D eigenvalue weighted by Crippen LogP contribution is -2.34. The van der Waals surface area contributed by atoms with Crippen LogP contribution in [0.4, 0.5) is 10.5 Å². The van der Waals surface area contributed by atoms with Gasteiger partial charge in [-0.2, -0.15) is 0 Å². The third-order valence-electron chi connectivity index (χ3n) is 2.69. The summed E-state index contributed by atoms with van der Waals surface area (Å²) in [5.74, 6) is 0.662. The summed E-state index contributed by atoms with van der Waals surface area (Å²) >= 11 is 0. The molecule has 0 aliphatic rings. The molecule has 1 heterocycles. The van der Waals surface area contributed by atoms with Crippen molar-refractivity contribution in [1.82, 2.24) is 10.6 Å². The molecule has 0 fully saturated rings. The van der Waals surface area contributed by atoms with E-state index in [9.17, 15) is 13.2 Å². The van der Waals surface area contributed by atoms with Crippen molar-refractivity contribution in [2.45, 2.75) is 13.1 Å². The van der Waals surface area contributed by atoms with Crippen molar-refractivity contribution in [2.75, 3.05) is 11.0 Å². The van der Waals surface area contributed by atoms with Crippen LogP contribution in [0, 0.1) is 0 Å². The van der Waals surface area contributed by atoms with E-state index in [1.165, 1.54) is 6.26 Å². The van der Waals surface area contributed by atoms with Gasteiger partial charge in [0.15, 0.2) is 0 Å². The lowest BCUT2D eigenvalue weighted by atomic mass is 10.2. The fraction of sp³-hybridized carbons (Fsp3) is 0.214. The Morgan fingerprint density at radius 3 is 2.59 bits per heavy atom. The Labute approximate surface area is 128 Å². The molecular formula is C14H17N3O4S. The molecule has 118 valence electrons. The largest absolute Gasteiger partial charge is 0.467 e. The van der Waals surface area contributed by atoms with Crippen molar-refractivity contribution in [3.63, 3.8) is 0 Å². The quantitative estimate of drug-likeness (QED) is 0.752. The van der Waals surface area contributed by atoms with E-state index in [4.69, 9.17) is 4.42 Å². The van der Waals surface area contributed by atoms with E-state index in [1.807, 2.05) is 0 Å². The summed E-state index contributed by atoms with van der Waals surface area (Å²) in [7, 11) is -3.32. The van der Waals surface area contributed by atoms with E-state index >= 15 is 0 Å². The van der Waals surface area contributed by atoms with Crippen LogP contribution in [0.3, 0.4) is 0 Å². The van der Waals surface area contributed by atoms with Gasteiger partial charge in [-0.1, -0.05) is 12.1 Å². The van der Waals surface area contributed by atoms with Crippen LogP contribution >= 0.6 is 0 Å². The number of hydrogen-bond acceptors (Lipinski definition) is 4. The van der Waals surface area contributed by atoms with Gasteiger partial charge in [0.05, 0.1) is 19.1 Å². The number of amides is 2. The predicted octanol–water partition coefficient (Wildman–Crippen LogP) is 1.65. The number of carbonyl (C=O) groups is 1. The predicted molar refractivity (Wildman–Crippen MR) is 82.7 cm³/mol. The van der Waals surface area contributed by atoms with Gasteiger partial charge in [0.1, 0.15) is 5.76 Å². The van der Waals surface area contributed by atoms with Crippen molar-refractivity contribution in [3.8, 4) is 0 Å². The summed E-state index contributed by atoms with van der Waals surface area (Å²) in [6, 6.07) is 9.98. The molecule has 0 saturated carbocycles. The number of sulfonamides is 1. The first-order valence-electron chi connectivity index (χ1n) is 6.53. The van der Waals surface area contributed by atoms with Crippen molar-refractivity contribution in [3.05, 3.63) is 54.0 Å². The van der Waals surface area contributed by atoms with E-state index < -0.39 is 10.0 Å². The summed E-state index contributed by atoms with van der Waals surface area (Å²) < 4.78 is 29.8. The molecule has 0 bridgehead atoms. The maximum atomic E-state index is 11.6. The molecule has 0 aliphatic heterocycles. The first-order valence-corrected chi connectivity index (χ1v) is 8.42. The Hall–Kier alpha value is -2.48. The smallest absolute Gasteiger partial charge is 0.315 e. The molecule has 1 aromatic carbocycles. The third-order valence-corrected chi connectivity index (χ3v) is 3.29. The van der Waals surface area contributed by atoms with Crippen LogP contribution in [0.5, 0.6) is 0 Å². The molecule has 2 amide bonds. The Kier molecular flexibility index (Phi) is 5.05. The molecule has 0 saturated heterocycles. The molecule has 2 rings (SSSR count). The van der Waals surface area contributed by atoms with E-state index in [0.717, 1.165) is 11.8 Å². The number of nitrogens with one attached hydrogen (secondary N) is 3. The minimum atomic E-state index is -3.32. The van der Waals surface area contributed by atoms with Crippen LogP contribution in [0.2, 0.25) is 0 Å². The highest BCUT2D eigenvalue weighted by Gasteiger charge is 2.04. The SMILES string of the molecule is CS(=O)(=O)Nc1cccc(CNC(=O)NCc2ccco2)c1. The highest BCUT2D eigenvalue weighted by Crippen LogP contribution is 2.11. The molecule has 7 nitrogen and oxygen atoms in total. The molecule has 0 spiro atoms. The van der Waals surface area contributed by atoms with Crippen LogP contribution in [0.1, 0.15) is 11.3 Å². The highest BCUT2D eigenvalue weighted by atomic mass is 32.2. The zero-order chi connectivity index (χ0) is 16.0. The first-order chi connectivity index (χ1) is 10.4. The third kappa shape index (κ3) is 5.49. The molecule has 3 N–H and O–H groups in total. The van der Waals surface area contributed by atoms with Crippen molar-refractivity contribution < 1.29 is 17.6 Å². The van der Waals surface area contributed by atoms with E-state index in [1.54, 1.807) is 36.4 Å². The van der Waals surface area contributed by atoms with Crippen molar-refractivity contribution >= 4 is 21.7 Å². The lowest BCUT2D eigenvalue weighted by molar-refractivity contribution is 0.239. The number of urea groups is 1. The van der Waals surface area contributed by atoms with Gasteiger partial charge in [-0.3, -0.25) is 4.72 Å². The zero-order valence-corrected chi connectivity index (χ0v) is 12.8. The standard InChI is InChI=1S/C14H17N3O4S/c1-22(19,20)17-12-5-2-4-11(8-12)9-15-14(18)16-10-13-6-3-7-21-13/h2-8,17H,9-10H2,1H3,(H2,15,16,18). The second kappa shape index (κ2) is 6.99. The Bertz CT molecular complexity index is 726. The van der Waals surface area contributed by atoms with Gasteiger partial charge in [-0.05, 0) is 29.8 Å². The first kappa shape index (κ1) is 15.9. The second-order valence-electron chi connectivity index (χ2n) is 4.69. The minimum absolute atomic E-state index is 0.281. The van der Waals surface area contributed by atoms with Gasteiger partial charge >= 0.3 is 6.03 Å². The van der Waals surface area contributed by atoms with E-state index in [-0.39, 0.29) is 12.6 Å². The van der Waals surface area contributed by atoms with Crippen LogP contribution in [-0.4, -0.2) is 20.7 Å². The Balaban J connectivity index is 1.83. The van der Waals surface area contributed by atoms with Gasteiger partial charge in [-0.15, -0.1) is 0 Å². The number of furan rings is 1. The highest BCUT2D eigenvalue weighted by molar-refractivity contribution is 7.92. The van der Waals surface area contributed by atoms with Gasteiger partial charge in [0.2, 0.25) is 10.0 Å². The van der Waals surface area contributed by atoms with E-state index in [2.05, 4.69) is 15.4 Å². The van der Waals surface area contributed by atoms with Crippen molar-refractivity contribution in [2.24, 2.45) is 0 Å². The van der Waals surface area contributed by atoms with Gasteiger partial charge in [0.25, 0.3) is 0 Å². The lowest BCUT2D eigenvalue weighted by Gasteiger charge is -2.09. The topological polar surface area (TPSA) is 100 Å². The molecule has 2 aromatic rings. The maximum Gasteiger partial charge on any atom is 0.315 e. The number of carbonyl (C=O) groups excluding carboxylic acids is 1. The zero-order valence-electron chi connectivity index (χ0n) is 12.0. The average molecular weight is 323 g/mol. The Morgan fingerprint density at radius 2 is 1.91 bits per heavy atom. The molecular weight excluding hydrogens is 306 g/mol. The second-order valence-corrected chi connectivity index (χ2v) is 6.44. The fourth-order valence-corrected chi connectivity index (χ4v) is 2.34.